The summed E-state index contributed by atoms with van der Waals surface area (Å²) < 4.78 is 3.74. The number of hydrogen-bond donors (Lipinski definition) is 1. The molecule has 0 aliphatic carbocycles. The summed E-state index contributed by atoms with van der Waals surface area (Å²) in [6.07, 6.45) is 3.46. The molecule has 1 amide bonds. The standard InChI is InChI=1S/C18H22N6O/c1-22-15-6-4-3-5-14(15)21-18(22)24-11-8-13(9-12-24)20-17(25)16-7-10-19-23(16)2/h3-7,10,13H,8-9,11-12H2,1-2H3,(H,20,25). The lowest BCUT2D eigenvalue weighted by Gasteiger charge is -2.33. The van der Waals surface area contributed by atoms with Crippen LogP contribution in [0.15, 0.2) is 36.5 Å². The zero-order valence-corrected chi connectivity index (χ0v) is 14.5. The van der Waals surface area contributed by atoms with Crippen LogP contribution in [0.3, 0.4) is 0 Å². The number of nitrogens with zero attached hydrogens (tertiary/aromatic N) is 5. The van der Waals surface area contributed by atoms with E-state index in [4.69, 9.17) is 4.98 Å². The summed E-state index contributed by atoms with van der Waals surface area (Å²) in [7, 11) is 3.84. The van der Waals surface area contributed by atoms with Gasteiger partial charge >= 0.3 is 0 Å². The fraction of sp³-hybridized carbons (Fsp3) is 0.389. The summed E-state index contributed by atoms with van der Waals surface area (Å²) in [5, 5.41) is 7.17. The number of benzene rings is 1. The van der Waals surface area contributed by atoms with Crippen molar-refractivity contribution in [2.75, 3.05) is 18.0 Å². The van der Waals surface area contributed by atoms with Crippen LogP contribution >= 0.6 is 0 Å². The second-order valence-electron chi connectivity index (χ2n) is 6.53. The quantitative estimate of drug-likeness (QED) is 0.789. The van der Waals surface area contributed by atoms with Gasteiger partial charge in [-0.2, -0.15) is 5.10 Å². The van der Waals surface area contributed by atoms with Crippen LogP contribution in [0.1, 0.15) is 23.3 Å². The van der Waals surface area contributed by atoms with Crippen LogP contribution in [0.25, 0.3) is 11.0 Å². The molecule has 1 aliphatic rings. The molecule has 1 saturated heterocycles. The van der Waals surface area contributed by atoms with Gasteiger partial charge in [-0.05, 0) is 31.0 Å². The van der Waals surface area contributed by atoms with Crippen molar-refractivity contribution in [2.24, 2.45) is 14.1 Å². The number of carbonyl (C=O) groups is 1. The smallest absolute Gasteiger partial charge is 0.269 e. The average Bonchev–Trinajstić information content (AvgIpc) is 3.20. The first-order chi connectivity index (χ1) is 12.1. The third-order valence-electron chi connectivity index (χ3n) is 4.93. The Morgan fingerprint density at radius 2 is 1.92 bits per heavy atom. The number of piperidine rings is 1. The minimum absolute atomic E-state index is 0.0545. The van der Waals surface area contributed by atoms with Crippen molar-refractivity contribution < 1.29 is 4.79 Å². The Morgan fingerprint density at radius 1 is 1.16 bits per heavy atom. The first-order valence-electron chi connectivity index (χ1n) is 8.59. The Bertz CT molecular complexity index is 903. The largest absolute Gasteiger partial charge is 0.348 e. The molecule has 7 heteroatoms. The third kappa shape index (κ3) is 2.86. The number of hydrogen-bond acceptors (Lipinski definition) is 4. The number of imidazole rings is 1. The molecule has 7 nitrogen and oxygen atoms in total. The van der Waals surface area contributed by atoms with Gasteiger partial charge < -0.3 is 14.8 Å². The van der Waals surface area contributed by atoms with Crippen molar-refractivity contribution in [2.45, 2.75) is 18.9 Å². The summed E-state index contributed by atoms with van der Waals surface area (Å²) in [5.74, 6) is 0.943. The molecule has 1 fully saturated rings. The first kappa shape index (κ1) is 15.7. The van der Waals surface area contributed by atoms with Crippen LogP contribution in [0.4, 0.5) is 5.95 Å². The molecule has 1 aromatic carbocycles. The van der Waals surface area contributed by atoms with Gasteiger partial charge in [-0.25, -0.2) is 4.98 Å². The number of nitrogens with one attached hydrogen (secondary N) is 1. The molecule has 1 N–H and O–H groups in total. The van der Waals surface area contributed by atoms with E-state index in [-0.39, 0.29) is 11.9 Å². The molecule has 25 heavy (non-hydrogen) atoms. The number of aromatic nitrogens is 4. The van der Waals surface area contributed by atoms with E-state index in [1.807, 2.05) is 18.2 Å². The van der Waals surface area contributed by atoms with E-state index in [1.165, 1.54) is 0 Å². The number of amides is 1. The lowest BCUT2D eigenvalue weighted by Crippen LogP contribution is -2.45. The summed E-state index contributed by atoms with van der Waals surface area (Å²) in [5.41, 5.74) is 2.76. The molecule has 3 aromatic rings. The molecule has 0 unspecified atom stereocenters. The summed E-state index contributed by atoms with van der Waals surface area (Å²) >= 11 is 0. The summed E-state index contributed by atoms with van der Waals surface area (Å²) in [4.78, 5) is 19.4. The maximum Gasteiger partial charge on any atom is 0.269 e. The van der Waals surface area contributed by atoms with Gasteiger partial charge in [0.15, 0.2) is 0 Å². The predicted molar refractivity (Wildman–Crippen MR) is 96.6 cm³/mol. The van der Waals surface area contributed by atoms with Gasteiger partial charge in [0, 0.05) is 39.4 Å². The van der Waals surface area contributed by atoms with E-state index in [9.17, 15) is 4.79 Å². The number of carbonyl (C=O) groups excluding carboxylic acids is 1. The van der Waals surface area contributed by atoms with Crippen molar-refractivity contribution in [3.63, 3.8) is 0 Å². The third-order valence-corrected chi connectivity index (χ3v) is 4.93. The van der Waals surface area contributed by atoms with Gasteiger partial charge in [0.2, 0.25) is 5.95 Å². The van der Waals surface area contributed by atoms with Gasteiger partial charge in [-0.3, -0.25) is 9.48 Å². The second kappa shape index (κ2) is 6.23. The molecule has 0 radical (unpaired) electrons. The molecule has 0 saturated carbocycles. The molecular weight excluding hydrogens is 316 g/mol. The van der Waals surface area contributed by atoms with Gasteiger partial charge in [-0.15, -0.1) is 0 Å². The Morgan fingerprint density at radius 3 is 2.60 bits per heavy atom. The van der Waals surface area contributed by atoms with E-state index < -0.39 is 0 Å². The molecule has 4 rings (SSSR count). The van der Waals surface area contributed by atoms with Gasteiger partial charge in [-0.1, -0.05) is 12.1 Å². The second-order valence-corrected chi connectivity index (χ2v) is 6.53. The lowest BCUT2D eigenvalue weighted by atomic mass is 10.1. The maximum atomic E-state index is 12.3. The van der Waals surface area contributed by atoms with E-state index in [2.05, 4.69) is 33.0 Å². The number of fused-ring (bicyclic) bond motifs is 1. The SMILES string of the molecule is Cn1nccc1C(=O)NC1CCN(c2nc3ccccc3n2C)CC1. The minimum Gasteiger partial charge on any atom is -0.348 e. The van der Waals surface area contributed by atoms with Crippen molar-refractivity contribution in [1.82, 2.24) is 24.6 Å². The first-order valence-corrected chi connectivity index (χ1v) is 8.59. The van der Waals surface area contributed by atoms with Crippen molar-refractivity contribution in [1.29, 1.82) is 0 Å². The molecule has 2 aromatic heterocycles. The van der Waals surface area contributed by atoms with Crippen LogP contribution in [0.2, 0.25) is 0 Å². The summed E-state index contributed by atoms with van der Waals surface area (Å²) in [6.45, 7) is 1.76. The van der Waals surface area contributed by atoms with Crippen LogP contribution in [-0.2, 0) is 14.1 Å². The minimum atomic E-state index is -0.0545. The number of anilines is 1. The van der Waals surface area contributed by atoms with Crippen LogP contribution in [-0.4, -0.2) is 44.4 Å². The highest BCUT2D eigenvalue weighted by atomic mass is 16.2. The maximum absolute atomic E-state index is 12.3. The molecule has 130 valence electrons. The Hall–Kier alpha value is -2.83. The van der Waals surface area contributed by atoms with E-state index in [0.717, 1.165) is 42.9 Å². The average molecular weight is 338 g/mol. The number of rotatable bonds is 3. The van der Waals surface area contributed by atoms with Crippen LogP contribution in [0, 0.1) is 0 Å². The molecule has 0 bridgehead atoms. The fourth-order valence-electron chi connectivity index (χ4n) is 3.50. The Labute approximate surface area is 146 Å². The normalized spacial score (nSPS) is 15.7. The highest BCUT2D eigenvalue weighted by Gasteiger charge is 2.24. The van der Waals surface area contributed by atoms with E-state index >= 15 is 0 Å². The van der Waals surface area contributed by atoms with E-state index in [1.54, 1.807) is 24.0 Å². The Kier molecular flexibility index (Phi) is 3.91. The van der Waals surface area contributed by atoms with Crippen molar-refractivity contribution >= 4 is 22.9 Å². The summed E-state index contributed by atoms with van der Waals surface area (Å²) in [6, 6.07) is 10.1. The molecule has 3 heterocycles. The zero-order chi connectivity index (χ0) is 17.4. The molecule has 1 aliphatic heterocycles. The zero-order valence-electron chi connectivity index (χ0n) is 14.5. The van der Waals surface area contributed by atoms with Gasteiger partial charge in [0.05, 0.1) is 11.0 Å². The molecule has 0 atom stereocenters. The highest BCUT2D eigenvalue weighted by molar-refractivity contribution is 5.92. The van der Waals surface area contributed by atoms with Gasteiger partial charge in [0.25, 0.3) is 5.91 Å². The van der Waals surface area contributed by atoms with Gasteiger partial charge in [0.1, 0.15) is 5.69 Å². The van der Waals surface area contributed by atoms with Crippen molar-refractivity contribution in [3.05, 3.63) is 42.2 Å². The van der Waals surface area contributed by atoms with E-state index in [0.29, 0.717) is 5.69 Å². The predicted octanol–water partition coefficient (Wildman–Crippen LogP) is 1.71. The molecular formula is C18H22N6O. The fourth-order valence-corrected chi connectivity index (χ4v) is 3.50. The lowest BCUT2D eigenvalue weighted by molar-refractivity contribution is 0.0921. The molecule has 0 spiro atoms. The van der Waals surface area contributed by atoms with Crippen LogP contribution < -0.4 is 10.2 Å². The topological polar surface area (TPSA) is 68.0 Å². The van der Waals surface area contributed by atoms with Crippen LogP contribution in [0.5, 0.6) is 0 Å². The van der Waals surface area contributed by atoms with Crippen molar-refractivity contribution in [3.8, 4) is 0 Å². The Balaban J connectivity index is 1.42. The highest BCUT2D eigenvalue weighted by Crippen LogP contribution is 2.24. The monoisotopic (exact) mass is 338 g/mol. The number of aryl methyl sites for hydroxylation is 2. The number of para-hydroxylation sites is 2.